The number of likely N-dealkylation sites (N-methyl/N-ethyl adjacent to an activating group) is 1. The standard InChI is InChI=1S/C18H23N/c1-2-19-18(16-8-5-9-16)13-14-10-11-15-6-3-4-7-17(15)12-14/h3-4,6-7,10-12,16,18-19H,2,5,8-9,13H2,1H3. The van der Waals surface area contributed by atoms with Crippen molar-refractivity contribution in [3.05, 3.63) is 48.0 Å². The molecule has 1 aliphatic carbocycles. The number of rotatable bonds is 5. The summed E-state index contributed by atoms with van der Waals surface area (Å²) in [5, 5.41) is 6.39. The fourth-order valence-corrected chi connectivity index (χ4v) is 3.13. The summed E-state index contributed by atoms with van der Waals surface area (Å²) in [7, 11) is 0. The highest BCUT2D eigenvalue weighted by Crippen LogP contribution is 2.31. The second-order valence-electron chi connectivity index (χ2n) is 5.74. The van der Waals surface area contributed by atoms with Gasteiger partial charge in [-0.3, -0.25) is 0 Å². The summed E-state index contributed by atoms with van der Waals surface area (Å²) in [6.07, 6.45) is 5.41. The molecule has 2 aromatic carbocycles. The topological polar surface area (TPSA) is 12.0 Å². The lowest BCUT2D eigenvalue weighted by Gasteiger charge is -2.34. The van der Waals surface area contributed by atoms with Gasteiger partial charge in [0.1, 0.15) is 0 Å². The van der Waals surface area contributed by atoms with Crippen LogP contribution in [0.1, 0.15) is 31.7 Å². The van der Waals surface area contributed by atoms with E-state index in [1.807, 2.05) is 0 Å². The van der Waals surface area contributed by atoms with Gasteiger partial charge in [0, 0.05) is 6.04 Å². The van der Waals surface area contributed by atoms with Gasteiger partial charge in [-0.25, -0.2) is 0 Å². The molecule has 1 unspecified atom stereocenters. The molecule has 0 aliphatic heterocycles. The molecule has 0 saturated heterocycles. The highest BCUT2D eigenvalue weighted by Gasteiger charge is 2.26. The Morgan fingerprint density at radius 1 is 1.11 bits per heavy atom. The molecular weight excluding hydrogens is 230 g/mol. The molecule has 1 fully saturated rings. The number of hydrogen-bond donors (Lipinski definition) is 1. The van der Waals surface area contributed by atoms with Gasteiger partial charge in [-0.15, -0.1) is 0 Å². The summed E-state index contributed by atoms with van der Waals surface area (Å²) in [5.41, 5.74) is 1.47. The predicted octanol–water partition coefficient (Wildman–Crippen LogP) is 4.16. The van der Waals surface area contributed by atoms with E-state index in [1.54, 1.807) is 0 Å². The molecule has 100 valence electrons. The van der Waals surface area contributed by atoms with Crippen LogP contribution < -0.4 is 5.32 Å². The molecule has 1 heteroatoms. The van der Waals surface area contributed by atoms with Crippen molar-refractivity contribution in [3.8, 4) is 0 Å². The maximum Gasteiger partial charge on any atom is 0.0136 e. The Morgan fingerprint density at radius 2 is 1.89 bits per heavy atom. The van der Waals surface area contributed by atoms with Gasteiger partial charge in [0.2, 0.25) is 0 Å². The number of fused-ring (bicyclic) bond motifs is 1. The minimum absolute atomic E-state index is 0.667. The van der Waals surface area contributed by atoms with Crippen molar-refractivity contribution in [2.45, 2.75) is 38.6 Å². The summed E-state index contributed by atoms with van der Waals surface area (Å²) in [4.78, 5) is 0. The second-order valence-corrected chi connectivity index (χ2v) is 5.74. The lowest BCUT2D eigenvalue weighted by Crippen LogP contribution is -2.41. The first-order valence-corrected chi connectivity index (χ1v) is 7.58. The molecule has 0 spiro atoms. The van der Waals surface area contributed by atoms with E-state index in [0.717, 1.165) is 12.5 Å². The average Bonchev–Trinajstić information content (AvgIpc) is 2.37. The van der Waals surface area contributed by atoms with Crippen LogP contribution in [0.2, 0.25) is 0 Å². The predicted molar refractivity (Wildman–Crippen MR) is 82.5 cm³/mol. The van der Waals surface area contributed by atoms with Crippen LogP contribution in [-0.4, -0.2) is 12.6 Å². The molecule has 1 aliphatic rings. The second kappa shape index (κ2) is 5.75. The smallest absolute Gasteiger partial charge is 0.0136 e. The van der Waals surface area contributed by atoms with Crippen molar-refractivity contribution in [2.24, 2.45) is 5.92 Å². The van der Waals surface area contributed by atoms with Crippen molar-refractivity contribution < 1.29 is 0 Å². The van der Waals surface area contributed by atoms with E-state index in [2.05, 4.69) is 54.7 Å². The molecule has 0 amide bonds. The third kappa shape index (κ3) is 2.82. The van der Waals surface area contributed by atoms with E-state index in [-0.39, 0.29) is 0 Å². The summed E-state index contributed by atoms with van der Waals surface area (Å²) in [6, 6.07) is 16.2. The van der Waals surface area contributed by atoms with Gasteiger partial charge in [-0.2, -0.15) is 0 Å². The SMILES string of the molecule is CCNC(Cc1ccc2ccccc2c1)C1CCC1. The average molecular weight is 253 g/mol. The molecule has 3 rings (SSSR count). The van der Waals surface area contributed by atoms with E-state index >= 15 is 0 Å². The van der Waals surface area contributed by atoms with Gasteiger partial charge >= 0.3 is 0 Å². The van der Waals surface area contributed by atoms with Crippen molar-refractivity contribution in [3.63, 3.8) is 0 Å². The van der Waals surface area contributed by atoms with Crippen LogP contribution in [0.4, 0.5) is 0 Å². The molecular formula is C18H23N. The molecule has 0 aromatic heterocycles. The Balaban J connectivity index is 1.78. The minimum atomic E-state index is 0.667. The Morgan fingerprint density at radius 3 is 2.58 bits per heavy atom. The van der Waals surface area contributed by atoms with Gasteiger partial charge in [-0.05, 0) is 48.1 Å². The highest BCUT2D eigenvalue weighted by molar-refractivity contribution is 5.82. The Bertz CT molecular complexity index is 542. The molecule has 1 N–H and O–H groups in total. The zero-order valence-electron chi connectivity index (χ0n) is 11.7. The zero-order valence-corrected chi connectivity index (χ0v) is 11.7. The number of benzene rings is 2. The van der Waals surface area contributed by atoms with E-state index < -0.39 is 0 Å². The fourth-order valence-electron chi connectivity index (χ4n) is 3.13. The van der Waals surface area contributed by atoms with Gasteiger partial charge in [0.15, 0.2) is 0 Å². The van der Waals surface area contributed by atoms with Crippen molar-refractivity contribution in [2.75, 3.05) is 6.54 Å². The largest absolute Gasteiger partial charge is 0.314 e. The first kappa shape index (κ1) is 12.7. The number of nitrogens with one attached hydrogen (secondary N) is 1. The summed E-state index contributed by atoms with van der Waals surface area (Å²) in [5.74, 6) is 0.895. The fraction of sp³-hybridized carbons (Fsp3) is 0.444. The zero-order chi connectivity index (χ0) is 13.1. The minimum Gasteiger partial charge on any atom is -0.314 e. The first-order chi connectivity index (χ1) is 9.36. The van der Waals surface area contributed by atoms with Gasteiger partial charge in [0.25, 0.3) is 0 Å². The lowest BCUT2D eigenvalue weighted by molar-refractivity contribution is 0.229. The first-order valence-electron chi connectivity index (χ1n) is 7.58. The summed E-state index contributed by atoms with van der Waals surface area (Å²) >= 11 is 0. The molecule has 0 heterocycles. The van der Waals surface area contributed by atoms with E-state index in [0.29, 0.717) is 6.04 Å². The monoisotopic (exact) mass is 253 g/mol. The van der Waals surface area contributed by atoms with Crippen molar-refractivity contribution >= 4 is 10.8 Å². The van der Waals surface area contributed by atoms with Gasteiger partial charge < -0.3 is 5.32 Å². The maximum absolute atomic E-state index is 3.68. The normalized spacial score (nSPS) is 17.3. The van der Waals surface area contributed by atoms with Crippen LogP contribution in [0.25, 0.3) is 10.8 Å². The third-order valence-corrected chi connectivity index (χ3v) is 4.45. The molecule has 1 saturated carbocycles. The van der Waals surface area contributed by atoms with E-state index in [9.17, 15) is 0 Å². The van der Waals surface area contributed by atoms with Crippen molar-refractivity contribution in [1.29, 1.82) is 0 Å². The molecule has 2 aromatic rings. The molecule has 1 nitrogen and oxygen atoms in total. The quantitative estimate of drug-likeness (QED) is 0.843. The number of hydrogen-bond acceptors (Lipinski definition) is 1. The van der Waals surface area contributed by atoms with Crippen LogP contribution in [-0.2, 0) is 6.42 Å². The van der Waals surface area contributed by atoms with E-state index in [4.69, 9.17) is 0 Å². The van der Waals surface area contributed by atoms with Crippen LogP contribution in [0.3, 0.4) is 0 Å². The van der Waals surface area contributed by atoms with Crippen molar-refractivity contribution in [1.82, 2.24) is 5.32 Å². The summed E-state index contributed by atoms with van der Waals surface area (Å²) < 4.78 is 0. The third-order valence-electron chi connectivity index (χ3n) is 4.45. The van der Waals surface area contributed by atoms with Gasteiger partial charge in [0.05, 0.1) is 0 Å². The molecule has 1 atom stereocenters. The maximum atomic E-state index is 3.68. The van der Waals surface area contributed by atoms with Crippen LogP contribution in [0, 0.1) is 5.92 Å². The van der Waals surface area contributed by atoms with Crippen LogP contribution in [0.15, 0.2) is 42.5 Å². The van der Waals surface area contributed by atoms with Gasteiger partial charge in [-0.1, -0.05) is 55.8 Å². The van der Waals surface area contributed by atoms with E-state index in [1.165, 1.54) is 42.0 Å². The lowest BCUT2D eigenvalue weighted by atomic mass is 9.77. The Hall–Kier alpha value is -1.34. The molecule has 0 bridgehead atoms. The molecule has 0 radical (unpaired) electrons. The Kier molecular flexibility index (Phi) is 3.84. The van der Waals surface area contributed by atoms with Crippen LogP contribution >= 0.6 is 0 Å². The molecule has 19 heavy (non-hydrogen) atoms. The highest BCUT2D eigenvalue weighted by atomic mass is 14.9. The van der Waals surface area contributed by atoms with Crippen LogP contribution in [0.5, 0.6) is 0 Å². The Labute approximate surface area is 116 Å². The summed E-state index contributed by atoms with van der Waals surface area (Å²) in [6.45, 7) is 3.29.